The highest BCUT2D eigenvalue weighted by atomic mass is 19.4. The first-order valence-corrected chi connectivity index (χ1v) is 9.14. The summed E-state index contributed by atoms with van der Waals surface area (Å²) in [5, 5.41) is 10.7. The molecule has 0 bridgehead atoms. The Kier molecular flexibility index (Phi) is 8.02. The van der Waals surface area contributed by atoms with Gasteiger partial charge in [0.2, 0.25) is 5.88 Å². The molecule has 2 aromatic rings. The van der Waals surface area contributed by atoms with Gasteiger partial charge in [-0.05, 0) is 44.5 Å². The Balaban J connectivity index is 1.87. The molecule has 0 unspecified atom stereocenters. The molecule has 30 heavy (non-hydrogen) atoms. The number of alkyl halides is 3. The lowest BCUT2D eigenvalue weighted by molar-refractivity contribution is -0.137. The van der Waals surface area contributed by atoms with Crippen LogP contribution in [-0.4, -0.2) is 29.2 Å². The van der Waals surface area contributed by atoms with Crippen LogP contribution in [0.5, 0.6) is 5.88 Å². The van der Waals surface area contributed by atoms with E-state index in [4.69, 9.17) is 15.4 Å². The number of aromatic nitrogens is 1. The van der Waals surface area contributed by atoms with Crippen LogP contribution in [0.4, 0.5) is 13.2 Å². The Morgan fingerprint density at radius 3 is 2.40 bits per heavy atom. The lowest BCUT2D eigenvalue weighted by atomic mass is 10.1. The molecule has 1 aromatic heterocycles. The van der Waals surface area contributed by atoms with Gasteiger partial charge in [0, 0.05) is 23.9 Å². The number of hydrogen-bond acceptors (Lipinski definition) is 6. The van der Waals surface area contributed by atoms with Gasteiger partial charge in [0.15, 0.2) is 5.84 Å². The fourth-order valence-electron chi connectivity index (χ4n) is 2.32. The first-order chi connectivity index (χ1) is 14.2. The van der Waals surface area contributed by atoms with E-state index in [-0.39, 0.29) is 19.3 Å². The van der Waals surface area contributed by atoms with E-state index in [1.807, 2.05) is 13.8 Å². The van der Waals surface area contributed by atoms with Gasteiger partial charge in [-0.25, -0.2) is 4.98 Å². The third-order valence-corrected chi connectivity index (χ3v) is 3.84. The Morgan fingerprint density at radius 1 is 1.17 bits per heavy atom. The number of pyridine rings is 1. The second-order valence-corrected chi connectivity index (χ2v) is 6.69. The molecule has 0 aliphatic heterocycles. The van der Waals surface area contributed by atoms with E-state index in [2.05, 4.69) is 20.6 Å². The number of oxime groups is 1. The normalized spacial score (nSPS) is 12.8. The zero-order chi connectivity index (χ0) is 22.1. The summed E-state index contributed by atoms with van der Waals surface area (Å²) >= 11 is 0. The molecule has 0 radical (unpaired) electrons. The van der Waals surface area contributed by atoms with Gasteiger partial charge >= 0.3 is 6.18 Å². The van der Waals surface area contributed by atoms with Gasteiger partial charge in [-0.3, -0.25) is 0 Å². The van der Waals surface area contributed by atoms with Gasteiger partial charge in [0.05, 0.1) is 11.3 Å². The van der Waals surface area contributed by atoms with Crippen molar-refractivity contribution in [3.8, 4) is 5.88 Å². The fraction of sp³-hybridized carbons (Fsp3) is 0.350. The third kappa shape index (κ3) is 7.26. The number of hydrazone groups is 1. The first-order valence-electron chi connectivity index (χ1n) is 9.14. The van der Waals surface area contributed by atoms with Crippen LogP contribution in [0.25, 0.3) is 0 Å². The minimum absolute atomic E-state index is 0.0498. The van der Waals surface area contributed by atoms with Crippen LogP contribution in [0.2, 0.25) is 0 Å². The second kappa shape index (κ2) is 10.5. The zero-order valence-corrected chi connectivity index (χ0v) is 16.9. The van der Waals surface area contributed by atoms with E-state index < -0.39 is 11.7 Å². The molecule has 0 aliphatic rings. The number of nitrogens with two attached hydrogens (primary N) is 1. The van der Waals surface area contributed by atoms with Crippen LogP contribution in [0.3, 0.4) is 0 Å². The van der Waals surface area contributed by atoms with E-state index >= 15 is 0 Å². The van der Waals surface area contributed by atoms with Crippen LogP contribution < -0.4 is 15.9 Å². The van der Waals surface area contributed by atoms with Gasteiger partial charge in [0.25, 0.3) is 0 Å². The summed E-state index contributed by atoms with van der Waals surface area (Å²) in [5.74, 6) is 6.21. The van der Waals surface area contributed by atoms with Crippen molar-refractivity contribution in [2.45, 2.75) is 39.6 Å². The van der Waals surface area contributed by atoms with Crippen molar-refractivity contribution in [3.05, 3.63) is 59.3 Å². The van der Waals surface area contributed by atoms with E-state index in [0.29, 0.717) is 28.6 Å². The Morgan fingerprint density at radius 2 is 1.87 bits per heavy atom. The number of ether oxygens (including phenoxy) is 1. The number of halogens is 3. The Labute approximate surface area is 172 Å². The molecule has 0 amide bonds. The van der Waals surface area contributed by atoms with Crippen LogP contribution in [0, 0.1) is 0 Å². The van der Waals surface area contributed by atoms with Crippen molar-refractivity contribution < 1.29 is 22.7 Å². The number of rotatable bonds is 8. The molecule has 162 valence electrons. The predicted molar refractivity (Wildman–Crippen MR) is 108 cm³/mol. The summed E-state index contributed by atoms with van der Waals surface area (Å²) in [5.41, 5.74) is 1.15. The Hall–Kier alpha value is -3.30. The predicted octanol–water partition coefficient (Wildman–Crippen LogP) is 3.69. The molecule has 7 nitrogen and oxygen atoms in total. The summed E-state index contributed by atoms with van der Waals surface area (Å²) in [6.45, 7) is 5.86. The van der Waals surface area contributed by atoms with Crippen LogP contribution in [-0.2, 0) is 17.6 Å². The van der Waals surface area contributed by atoms with Crippen LogP contribution in [0.15, 0.2) is 52.9 Å². The van der Waals surface area contributed by atoms with Crippen molar-refractivity contribution in [1.82, 2.24) is 10.3 Å². The standard InChI is InChI=1S/C20H24F3N5O2/c1-13(2)26-18(27-24)12-29-19-9-6-16(10-25-19)14(3)28-30-11-15-4-7-17(8-5-15)20(21,22)23/h4-10,13H,11-12,24H2,1-3H3,(H,26,27)/b28-14+. The molecule has 1 aromatic carbocycles. The van der Waals surface area contributed by atoms with E-state index in [1.54, 1.807) is 25.3 Å². The van der Waals surface area contributed by atoms with Gasteiger partial charge in [0.1, 0.15) is 13.2 Å². The van der Waals surface area contributed by atoms with Gasteiger partial charge < -0.3 is 20.7 Å². The zero-order valence-electron chi connectivity index (χ0n) is 16.9. The lowest BCUT2D eigenvalue weighted by Gasteiger charge is -2.12. The highest BCUT2D eigenvalue weighted by Crippen LogP contribution is 2.29. The summed E-state index contributed by atoms with van der Waals surface area (Å²) in [6, 6.07) is 8.34. The maximum absolute atomic E-state index is 12.6. The quantitative estimate of drug-likeness (QED) is 0.292. The number of benzene rings is 1. The van der Waals surface area contributed by atoms with Crippen molar-refractivity contribution in [1.29, 1.82) is 0 Å². The number of nitrogens with zero attached hydrogens (tertiary/aromatic N) is 3. The average molecular weight is 423 g/mol. The first kappa shape index (κ1) is 23.0. The molecule has 1 heterocycles. The maximum atomic E-state index is 12.6. The number of amidine groups is 1. The third-order valence-electron chi connectivity index (χ3n) is 3.84. The number of nitrogens with one attached hydrogen (secondary N) is 1. The second-order valence-electron chi connectivity index (χ2n) is 6.69. The molecule has 2 rings (SSSR count). The molecule has 0 saturated carbocycles. The van der Waals surface area contributed by atoms with Crippen molar-refractivity contribution in [3.63, 3.8) is 0 Å². The monoisotopic (exact) mass is 423 g/mol. The highest BCUT2D eigenvalue weighted by molar-refractivity contribution is 5.98. The Bertz CT molecular complexity index is 864. The molecule has 0 spiro atoms. The summed E-state index contributed by atoms with van der Waals surface area (Å²) in [6.07, 6.45) is -2.79. The van der Waals surface area contributed by atoms with E-state index in [9.17, 15) is 13.2 Å². The molecule has 10 heteroatoms. The number of hydrogen-bond donors (Lipinski definition) is 2. The largest absolute Gasteiger partial charge is 0.469 e. The molecule has 0 aliphatic carbocycles. The molecule has 0 saturated heterocycles. The highest BCUT2D eigenvalue weighted by Gasteiger charge is 2.29. The molecular weight excluding hydrogens is 399 g/mol. The lowest BCUT2D eigenvalue weighted by Crippen LogP contribution is -2.35. The maximum Gasteiger partial charge on any atom is 0.416 e. The summed E-state index contributed by atoms with van der Waals surface area (Å²) in [7, 11) is 0. The molecule has 3 N–H and O–H groups in total. The van der Waals surface area contributed by atoms with Gasteiger partial charge in [-0.1, -0.05) is 17.3 Å². The van der Waals surface area contributed by atoms with Crippen LogP contribution >= 0.6 is 0 Å². The minimum Gasteiger partial charge on any atom is -0.469 e. The summed E-state index contributed by atoms with van der Waals surface area (Å²) in [4.78, 5) is 9.43. The topological polar surface area (TPSA) is 94.1 Å². The van der Waals surface area contributed by atoms with E-state index in [0.717, 1.165) is 12.1 Å². The molecular formula is C20H24F3N5O2. The van der Waals surface area contributed by atoms with E-state index in [1.165, 1.54) is 12.1 Å². The van der Waals surface area contributed by atoms with Crippen molar-refractivity contribution in [2.75, 3.05) is 6.61 Å². The molecule has 0 fully saturated rings. The van der Waals surface area contributed by atoms with Crippen molar-refractivity contribution in [2.24, 2.45) is 16.1 Å². The summed E-state index contributed by atoms with van der Waals surface area (Å²) < 4.78 is 43.2. The SMILES string of the molecule is C/C(=N\OCc1ccc(C(F)(F)F)cc1)c1ccc(OC/C(=N/N)NC(C)C)nc1. The smallest absolute Gasteiger partial charge is 0.416 e. The van der Waals surface area contributed by atoms with Crippen molar-refractivity contribution >= 4 is 11.5 Å². The average Bonchev–Trinajstić information content (AvgIpc) is 2.71. The fourth-order valence-corrected chi connectivity index (χ4v) is 2.32. The molecule has 0 atom stereocenters. The van der Waals surface area contributed by atoms with Gasteiger partial charge in [-0.15, -0.1) is 0 Å². The van der Waals surface area contributed by atoms with Gasteiger partial charge in [-0.2, -0.15) is 18.3 Å². The minimum atomic E-state index is -4.36. The van der Waals surface area contributed by atoms with Crippen LogP contribution in [0.1, 0.15) is 37.5 Å².